The minimum absolute atomic E-state index is 0.0825. The summed E-state index contributed by atoms with van der Waals surface area (Å²) in [5.41, 5.74) is 0.916. The number of rotatable bonds is 5. The number of fused-ring (bicyclic) bond motifs is 1. The Morgan fingerprint density at radius 3 is 2.42 bits per heavy atom. The molecule has 1 aliphatic carbocycles. The first-order valence-electron chi connectivity index (χ1n) is 8.21. The van der Waals surface area contributed by atoms with E-state index in [0.29, 0.717) is 30.9 Å². The van der Waals surface area contributed by atoms with Gasteiger partial charge in [-0.1, -0.05) is 12.2 Å². The molecule has 1 aromatic heterocycles. The molecular weight excluding hydrogens is 326 g/mol. The number of nitrogens with zero attached hydrogens (tertiary/aromatic N) is 2. The Morgan fingerprint density at radius 1 is 1.25 bits per heavy atom. The van der Waals surface area contributed by atoms with Crippen molar-refractivity contribution in [2.24, 2.45) is 11.8 Å². The average molecular weight is 347 g/mol. The van der Waals surface area contributed by atoms with Gasteiger partial charge < -0.3 is 5.32 Å². The fraction of sp³-hybridized carbons (Fsp3) is 0.529. The maximum atomic E-state index is 12.3. The normalized spacial score (nSPS) is 22.8. The van der Waals surface area contributed by atoms with Crippen LogP contribution in [0.4, 0.5) is 5.13 Å². The van der Waals surface area contributed by atoms with Crippen molar-refractivity contribution in [2.45, 2.75) is 39.5 Å². The number of nitrogens with one attached hydrogen (secondary N) is 1. The lowest BCUT2D eigenvalue weighted by Crippen LogP contribution is -2.32. The van der Waals surface area contributed by atoms with Gasteiger partial charge in [-0.15, -0.1) is 11.3 Å². The predicted molar refractivity (Wildman–Crippen MR) is 91.5 cm³/mol. The van der Waals surface area contributed by atoms with E-state index in [0.717, 1.165) is 10.6 Å². The standard InChI is InChI=1S/C17H21N3O3S/c1-10-11(2)24-17(18-10)19-14(21)8-5-9-20-15(22)12-6-3-4-7-13(12)16(20)23/h3-4,12-13H,5-9H2,1-2H3,(H,18,19,21)/t12-,13-/m1/s1. The maximum Gasteiger partial charge on any atom is 0.233 e. The third-order valence-electron chi connectivity index (χ3n) is 4.66. The van der Waals surface area contributed by atoms with Crippen molar-refractivity contribution in [3.63, 3.8) is 0 Å². The van der Waals surface area contributed by atoms with E-state index in [9.17, 15) is 14.4 Å². The zero-order valence-corrected chi connectivity index (χ0v) is 14.7. The second-order valence-corrected chi connectivity index (χ2v) is 7.50. The van der Waals surface area contributed by atoms with Crippen LogP contribution in [-0.4, -0.2) is 34.2 Å². The van der Waals surface area contributed by atoms with Gasteiger partial charge in [0.2, 0.25) is 17.7 Å². The van der Waals surface area contributed by atoms with Gasteiger partial charge in [0.25, 0.3) is 0 Å². The topological polar surface area (TPSA) is 79.4 Å². The lowest BCUT2D eigenvalue weighted by molar-refractivity contribution is -0.140. The molecule has 0 radical (unpaired) electrons. The Balaban J connectivity index is 1.48. The summed E-state index contributed by atoms with van der Waals surface area (Å²) in [6, 6.07) is 0. The highest BCUT2D eigenvalue weighted by Crippen LogP contribution is 2.35. The van der Waals surface area contributed by atoms with E-state index in [4.69, 9.17) is 0 Å². The predicted octanol–water partition coefficient (Wildman–Crippen LogP) is 2.43. The molecule has 6 nitrogen and oxygen atoms in total. The first-order chi connectivity index (χ1) is 11.5. The minimum atomic E-state index is -0.197. The minimum Gasteiger partial charge on any atom is -0.302 e. The van der Waals surface area contributed by atoms with Crippen LogP contribution in [-0.2, 0) is 14.4 Å². The third-order valence-corrected chi connectivity index (χ3v) is 5.65. The zero-order valence-electron chi connectivity index (χ0n) is 13.9. The summed E-state index contributed by atoms with van der Waals surface area (Å²) < 4.78 is 0. The second kappa shape index (κ2) is 6.84. The van der Waals surface area contributed by atoms with Gasteiger partial charge in [0.1, 0.15) is 0 Å². The lowest BCUT2D eigenvalue weighted by Gasteiger charge is -2.14. The molecule has 1 aromatic rings. The summed E-state index contributed by atoms with van der Waals surface area (Å²) >= 11 is 1.45. The molecule has 1 N–H and O–H groups in total. The van der Waals surface area contributed by atoms with Crippen molar-refractivity contribution in [1.29, 1.82) is 0 Å². The SMILES string of the molecule is Cc1nc(NC(=O)CCCN2C(=O)[C@@H]3CC=CC[C@H]3C2=O)sc1C. The number of likely N-dealkylation sites (tertiary alicyclic amines) is 1. The van der Waals surface area contributed by atoms with Gasteiger partial charge in [-0.2, -0.15) is 0 Å². The molecule has 3 rings (SSSR count). The fourth-order valence-corrected chi connectivity index (χ4v) is 4.03. The monoisotopic (exact) mass is 347 g/mol. The van der Waals surface area contributed by atoms with Crippen molar-refractivity contribution in [3.05, 3.63) is 22.7 Å². The van der Waals surface area contributed by atoms with Gasteiger partial charge >= 0.3 is 0 Å². The molecule has 3 amide bonds. The Hall–Kier alpha value is -2.02. The number of anilines is 1. The van der Waals surface area contributed by atoms with Crippen molar-refractivity contribution >= 4 is 34.2 Å². The van der Waals surface area contributed by atoms with Crippen LogP contribution in [0.3, 0.4) is 0 Å². The number of hydrogen-bond acceptors (Lipinski definition) is 5. The van der Waals surface area contributed by atoms with E-state index in [1.807, 2.05) is 26.0 Å². The largest absolute Gasteiger partial charge is 0.302 e. The number of thiazole rings is 1. The van der Waals surface area contributed by atoms with Gasteiger partial charge in [-0.05, 0) is 33.1 Å². The molecular formula is C17H21N3O3S. The molecule has 7 heteroatoms. The van der Waals surface area contributed by atoms with Crippen LogP contribution >= 0.6 is 11.3 Å². The molecule has 0 unspecified atom stereocenters. The van der Waals surface area contributed by atoms with Crippen LogP contribution in [0.1, 0.15) is 36.3 Å². The lowest BCUT2D eigenvalue weighted by atomic mass is 9.85. The van der Waals surface area contributed by atoms with Gasteiger partial charge in [-0.25, -0.2) is 4.98 Å². The van der Waals surface area contributed by atoms with Crippen LogP contribution in [0.15, 0.2) is 12.2 Å². The number of allylic oxidation sites excluding steroid dienone is 2. The van der Waals surface area contributed by atoms with E-state index in [1.54, 1.807) is 0 Å². The second-order valence-electron chi connectivity index (χ2n) is 6.30. The Kier molecular flexibility index (Phi) is 4.80. The van der Waals surface area contributed by atoms with Gasteiger partial charge in [-0.3, -0.25) is 19.3 Å². The van der Waals surface area contributed by atoms with Crippen LogP contribution in [0.25, 0.3) is 0 Å². The van der Waals surface area contributed by atoms with Gasteiger partial charge in [0.05, 0.1) is 17.5 Å². The first-order valence-corrected chi connectivity index (χ1v) is 9.03. The Labute approximate surface area is 144 Å². The number of aryl methyl sites for hydroxylation is 2. The quantitative estimate of drug-likeness (QED) is 0.655. The number of amides is 3. The smallest absolute Gasteiger partial charge is 0.233 e. The molecule has 0 bridgehead atoms. The number of imide groups is 1. The number of aromatic nitrogens is 1. The summed E-state index contributed by atoms with van der Waals surface area (Å²) in [6.07, 6.45) is 5.98. The Bertz CT molecular complexity index is 664. The van der Waals surface area contributed by atoms with Crippen molar-refractivity contribution < 1.29 is 14.4 Å². The van der Waals surface area contributed by atoms with Crippen LogP contribution in [0.5, 0.6) is 0 Å². The van der Waals surface area contributed by atoms with E-state index in [1.165, 1.54) is 16.2 Å². The van der Waals surface area contributed by atoms with E-state index in [2.05, 4.69) is 10.3 Å². The highest BCUT2D eigenvalue weighted by Gasteiger charge is 2.46. The summed E-state index contributed by atoms with van der Waals surface area (Å²) in [7, 11) is 0. The molecule has 128 valence electrons. The van der Waals surface area contributed by atoms with Gasteiger partial charge in [0, 0.05) is 17.8 Å². The fourth-order valence-electron chi connectivity index (χ4n) is 3.20. The maximum absolute atomic E-state index is 12.3. The van der Waals surface area contributed by atoms with Gasteiger partial charge in [0.15, 0.2) is 5.13 Å². The number of carbonyl (C=O) groups excluding carboxylic acids is 3. The molecule has 2 aliphatic rings. The summed E-state index contributed by atoms with van der Waals surface area (Å²) in [4.78, 5) is 43.3. The molecule has 0 aromatic carbocycles. The summed E-state index contributed by atoms with van der Waals surface area (Å²) in [5.74, 6) is -0.695. The molecule has 2 atom stereocenters. The molecule has 24 heavy (non-hydrogen) atoms. The van der Waals surface area contributed by atoms with E-state index < -0.39 is 0 Å². The Morgan fingerprint density at radius 2 is 1.88 bits per heavy atom. The first kappa shape index (κ1) is 16.8. The molecule has 1 fully saturated rings. The zero-order chi connectivity index (χ0) is 17.3. The third kappa shape index (κ3) is 3.26. The van der Waals surface area contributed by atoms with E-state index >= 15 is 0 Å². The highest BCUT2D eigenvalue weighted by molar-refractivity contribution is 7.15. The molecule has 1 saturated heterocycles. The molecule has 2 heterocycles. The summed E-state index contributed by atoms with van der Waals surface area (Å²) in [6.45, 7) is 4.18. The van der Waals surface area contributed by atoms with Crippen molar-refractivity contribution in [1.82, 2.24) is 9.88 Å². The van der Waals surface area contributed by atoms with Crippen LogP contribution in [0.2, 0.25) is 0 Å². The van der Waals surface area contributed by atoms with Crippen LogP contribution < -0.4 is 5.32 Å². The van der Waals surface area contributed by atoms with Crippen molar-refractivity contribution in [2.75, 3.05) is 11.9 Å². The molecule has 0 spiro atoms. The number of hydrogen-bond donors (Lipinski definition) is 1. The van der Waals surface area contributed by atoms with E-state index in [-0.39, 0.29) is 36.0 Å². The van der Waals surface area contributed by atoms with Crippen molar-refractivity contribution in [3.8, 4) is 0 Å². The molecule has 0 saturated carbocycles. The number of carbonyl (C=O) groups is 3. The average Bonchev–Trinajstić information content (AvgIpc) is 2.99. The molecule has 1 aliphatic heterocycles. The summed E-state index contributed by atoms with van der Waals surface area (Å²) in [5, 5.41) is 3.37. The van der Waals surface area contributed by atoms with Crippen LogP contribution in [0, 0.1) is 25.7 Å². The highest BCUT2D eigenvalue weighted by atomic mass is 32.1.